The van der Waals surface area contributed by atoms with E-state index < -0.39 is 6.10 Å². The maximum atomic E-state index is 9.98. The molecule has 1 rings (SSSR count). The van der Waals surface area contributed by atoms with Gasteiger partial charge in [-0.05, 0) is 51.2 Å². The highest BCUT2D eigenvalue weighted by Gasteiger charge is 2.16. The van der Waals surface area contributed by atoms with Gasteiger partial charge in [-0.25, -0.2) is 0 Å². The molecule has 2 N–H and O–H groups in total. The maximum absolute atomic E-state index is 9.98. The van der Waals surface area contributed by atoms with E-state index in [2.05, 4.69) is 33.0 Å². The van der Waals surface area contributed by atoms with Crippen LogP contribution in [0.1, 0.15) is 58.8 Å². The molecule has 1 aromatic heterocycles. The summed E-state index contributed by atoms with van der Waals surface area (Å²) < 4.78 is 5.20. The van der Waals surface area contributed by atoms with Crippen LogP contribution in [0.15, 0.2) is 22.8 Å². The molecule has 3 nitrogen and oxygen atoms in total. The van der Waals surface area contributed by atoms with Gasteiger partial charge in [0.05, 0.1) is 6.26 Å². The Bertz CT molecular complexity index is 308. The van der Waals surface area contributed by atoms with Gasteiger partial charge in [-0.1, -0.05) is 13.8 Å². The second-order valence-corrected chi connectivity index (χ2v) is 5.71. The lowest BCUT2D eigenvalue weighted by molar-refractivity contribution is 0.126. The van der Waals surface area contributed by atoms with Crippen molar-refractivity contribution in [3.8, 4) is 0 Å². The predicted octanol–water partition coefficient (Wildman–Crippen LogP) is 3.51. The van der Waals surface area contributed by atoms with Gasteiger partial charge in [0.2, 0.25) is 0 Å². The summed E-state index contributed by atoms with van der Waals surface area (Å²) >= 11 is 0. The number of aliphatic hydroxyl groups excluding tert-OH is 1. The molecule has 3 atom stereocenters. The van der Waals surface area contributed by atoms with Crippen molar-refractivity contribution in [2.24, 2.45) is 5.92 Å². The minimum Gasteiger partial charge on any atom is -0.467 e. The monoisotopic (exact) mass is 253 g/mol. The average molecular weight is 253 g/mol. The zero-order valence-corrected chi connectivity index (χ0v) is 12.0. The van der Waals surface area contributed by atoms with Gasteiger partial charge in [0.1, 0.15) is 11.9 Å². The lowest BCUT2D eigenvalue weighted by atomic mass is 10.0. The van der Waals surface area contributed by atoms with Crippen LogP contribution in [0.5, 0.6) is 0 Å². The molecule has 18 heavy (non-hydrogen) atoms. The first-order chi connectivity index (χ1) is 8.49. The minimum absolute atomic E-state index is 0.285. The first-order valence-electron chi connectivity index (χ1n) is 6.96. The Hall–Kier alpha value is -0.800. The summed E-state index contributed by atoms with van der Waals surface area (Å²) in [6.07, 6.45) is 4.18. The third-order valence-corrected chi connectivity index (χ3v) is 3.19. The molecular formula is C15H27NO2. The summed E-state index contributed by atoms with van der Waals surface area (Å²) in [7, 11) is 0. The summed E-state index contributed by atoms with van der Waals surface area (Å²) in [5.74, 6) is 1.40. The normalized spacial score (nSPS) is 16.8. The summed E-state index contributed by atoms with van der Waals surface area (Å²) in [4.78, 5) is 0. The standard InChI is InChI=1S/C15H27NO2/c1-11(2)7-8-12(3)16-13(4)10-14(17)15-6-5-9-18-15/h5-6,9,11-14,16-17H,7-8,10H2,1-4H3. The first-order valence-corrected chi connectivity index (χ1v) is 6.96. The molecule has 104 valence electrons. The van der Waals surface area contributed by atoms with Crippen molar-refractivity contribution in [3.63, 3.8) is 0 Å². The van der Waals surface area contributed by atoms with Crippen molar-refractivity contribution >= 4 is 0 Å². The van der Waals surface area contributed by atoms with E-state index in [1.165, 1.54) is 12.8 Å². The minimum atomic E-state index is -0.514. The van der Waals surface area contributed by atoms with Gasteiger partial charge < -0.3 is 14.8 Å². The fraction of sp³-hybridized carbons (Fsp3) is 0.733. The number of hydrogen-bond donors (Lipinski definition) is 2. The number of furan rings is 1. The molecule has 0 aromatic carbocycles. The van der Waals surface area contributed by atoms with Gasteiger partial charge in [-0.3, -0.25) is 0 Å². The zero-order chi connectivity index (χ0) is 13.5. The average Bonchev–Trinajstić information content (AvgIpc) is 2.79. The molecule has 0 saturated carbocycles. The van der Waals surface area contributed by atoms with Gasteiger partial charge in [-0.15, -0.1) is 0 Å². The van der Waals surface area contributed by atoms with Crippen LogP contribution in [0.4, 0.5) is 0 Å². The van der Waals surface area contributed by atoms with E-state index in [-0.39, 0.29) is 6.04 Å². The molecular weight excluding hydrogens is 226 g/mol. The highest BCUT2D eigenvalue weighted by molar-refractivity contribution is 5.02. The van der Waals surface area contributed by atoms with Gasteiger partial charge >= 0.3 is 0 Å². The third-order valence-electron chi connectivity index (χ3n) is 3.19. The Balaban J connectivity index is 2.26. The molecule has 0 radical (unpaired) electrons. The van der Waals surface area contributed by atoms with Crippen molar-refractivity contribution < 1.29 is 9.52 Å². The Morgan fingerprint density at radius 3 is 2.44 bits per heavy atom. The fourth-order valence-corrected chi connectivity index (χ4v) is 2.15. The van der Waals surface area contributed by atoms with Crippen LogP contribution < -0.4 is 5.32 Å². The molecule has 1 heterocycles. The summed E-state index contributed by atoms with van der Waals surface area (Å²) in [5, 5.41) is 13.5. The van der Waals surface area contributed by atoms with Gasteiger partial charge in [0, 0.05) is 12.1 Å². The molecule has 3 heteroatoms. The van der Waals surface area contributed by atoms with E-state index in [9.17, 15) is 5.11 Å². The molecule has 0 aliphatic heterocycles. The van der Waals surface area contributed by atoms with Crippen LogP contribution in [0.25, 0.3) is 0 Å². The van der Waals surface area contributed by atoms with Crippen LogP contribution in [0.2, 0.25) is 0 Å². The Labute approximate surface area is 111 Å². The first kappa shape index (κ1) is 15.3. The maximum Gasteiger partial charge on any atom is 0.132 e. The summed E-state index contributed by atoms with van der Waals surface area (Å²) in [6, 6.07) is 4.40. The van der Waals surface area contributed by atoms with Gasteiger partial charge in [-0.2, -0.15) is 0 Å². The smallest absolute Gasteiger partial charge is 0.132 e. The molecule has 0 fully saturated rings. The highest BCUT2D eigenvalue weighted by Crippen LogP contribution is 2.19. The Morgan fingerprint density at radius 1 is 1.17 bits per heavy atom. The largest absolute Gasteiger partial charge is 0.467 e. The Kier molecular flexibility index (Phi) is 6.44. The molecule has 0 aliphatic rings. The SMILES string of the molecule is CC(C)CCC(C)NC(C)CC(O)c1ccco1. The van der Waals surface area contributed by atoms with Crippen LogP contribution in [-0.4, -0.2) is 17.2 Å². The number of rotatable bonds is 8. The number of hydrogen-bond acceptors (Lipinski definition) is 3. The molecule has 0 saturated heterocycles. The van der Waals surface area contributed by atoms with E-state index in [1.807, 2.05) is 12.1 Å². The lowest BCUT2D eigenvalue weighted by Crippen LogP contribution is -2.35. The van der Waals surface area contributed by atoms with E-state index in [1.54, 1.807) is 6.26 Å². The van der Waals surface area contributed by atoms with Crippen LogP contribution in [0.3, 0.4) is 0 Å². The third kappa shape index (κ3) is 5.69. The fourth-order valence-electron chi connectivity index (χ4n) is 2.15. The summed E-state index contributed by atoms with van der Waals surface area (Å²) in [6.45, 7) is 8.81. The van der Waals surface area contributed by atoms with Crippen molar-refractivity contribution in [3.05, 3.63) is 24.2 Å². The van der Waals surface area contributed by atoms with Gasteiger partial charge in [0.25, 0.3) is 0 Å². The molecule has 0 amide bonds. The molecule has 0 spiro atoms. The second-order valence-electron chi connectivity index (χ2n) is 5.71. The number of aliphatic hydroxyl groups is 1. The molecule has 1 aromatic rings. The predicted molar refractivity (Wildman–Crippen MR) is 74.4 cm³/mol. The van der Waals surface area contributed by atoms with Crippen molar-refractivity contribution in [1.82, 2.24) is 5.32 Å². The molecule has 0 bridgehead atoms. The van der Waals surface area contributed by atoms with E-state index in [4.69, 9.17) is 4.42 Å². The topological polar surface area (TPSA) is 45.4 Å². The van der Waals surface area contributed by atoms with Gasteiger partial charge in [0.15, 0.2) is 0 Å². The quantitative estimate of drug-likeness (QED) is 0.745. The summed E-state index contributed by atoms with van der Waals surface area (Å²) in [5.41, 5.74) is 0. The Morgan fingerprint density at radius 2 is 1.89 bits per heavy atom. The lowest BCUT2D eigenvalue weighted by Gasteiger charge is -2.22. The van der Waals surface area contributed by atoms with Crippen LogP contribution in [0, 0.1) is 5.92 Å². The van der Waals surface area contributed by atoms with Crippen LogP contribution in [-0.2, 0) is 0 Å². The van der Waals surface area contributed by atoms with E-state index in [0.29, 0.717) is 18.2 Å². The van der Waals surface area contributed by atoms with Crippen molar-refractivity contribution in [2.75, 3.05) is 0 Å². The highest BCUT2D eigenvalue weighted by atomic mass is 16.4. The van der Waals surface area contributed by atoms with Crippen molar-refractivity contribution in [1.29, 1.82) is 0 Å². The van der Waals surface area contributed by atoms with E-state index in [0.717, 1.165) is 5.92 Å². The van der Waals surface area contributed by atoms with E-state index >= 15 is 0 Å². The van der Waals surface area contributed by atoms with Crippen LogP contribution >= 0.6 is 0 Å². The second kappa shape index (κ2) is 7.59. The number of nitrogens with one attached hydrogen (secondary N) is 1. The van der Waals surface area contributed by atoms with Crippen molar-refractivity contribution in [2.45, 2.75) is 65.1 Å². The molecule has 0 aliphatic carbocycles. The molecule has 3 unspecified atom stereocenters. The zero-order valence-electron chi connectivity index (χ0n) is 12.0.